The zero-order valence-corrected chi connectivity index (χ0v) is 22.4. The van der Waals surface area contributed by atoms with Gasteiger partial charge in [-0.15, -0.1) is 0 Å². The van der Waals surface area contributed by atoms with Crippen LogP contribution in [0.4, 0.5) is 0 Å². The largest absolute Gasteiger partial charge is 0.497 e. The molecule has 0 saturated heterocycles. The number of imidazole rings is 1. The average Bonchev–Trinajstić information content (AvgIpc) is 3.35. The van der Waals surface area contributed by atoms with Crippen molar-refractivity contribution in [3.63, 3.8) is 0 Å². The number of aromatic nitrogens is 2. The summed E-state index contributed by atoms with van der Waals surface area (Å²) in [6.45, 7) is 0. The van der Waals surface area contributed by atoms with E-state index in [1.807, 2.05) is 42.5 Å². The molecule has 1 atom stereocenters. The molecule has 6 nitrogen and oxygen atoms in total. The van der Waals surface area contributed by atoms with E-state index in [9.17, 15) is 4.79 Å². The minimum atomic E-state index is -0.394. The molecule has 0 aliphatic heterocycles. The van der Waals surface area contributed by atoms with E-state index in [4.69, 9.17) is 14.5 Å². The van der Waals surface area contributed by atoms with Gasteiger partial charge in [0.2, 0.25) is 5.91 Å². The number of benzene rings is 3. The van der Waals surface area contributed by atoms with Crippen molar-refractivity contribution >= 4 is 16.9 Å². The fraction of sp³-hybridized carbons (Fsp3) is 0.375. The average molecular weight is 512 g/mol. The second-order valence-electron chi connectivity index (χ2n) is 10.1. The van der Waals surface area contributed by atoms with E-state index in [-0.39, 0.29) is 11.9 Å². The van der Waals surface area contributed by atoms with Crippen LogP contribution < -0.4 is 14.8 Å². The van der Waals surface area contributed by atoms with Crippen LogP contribution in [0.5, 0.6) is 11.5 Å². The van der Waals surface area contributed by atoms with E-state index in [2.05, 4.69) is 40.2 Å². The smallest absolute Gasteiger partial charge is 0.243 e. The quantitative estimate of drug-likeness (QED) is 0.256. The molecule has 1 aliphatic carbocycles. The van der Waals surface area contributed by atoms with Crippen molar-refractivity contribution in [1.29, 1.82) is 0 Å². The van der Waals surface area contributed by atoms with Crippen LogP contribution in [0.3, 0.4) is 0 Å². The number of ether oxygens (including phenoxy) is 2. The van der Waals surface area contributed by atoms with E-state index >= 15 is 0 Å². The molecule has 6 heteroatoms. The Balaban J connectivity index is 1.56. The van der Waals surface area contributed by atoms with Gasteiger partial charge in [-0.2, -0.15) is 0 Å². The first-order valence-electron chi connectivity index (χ1n) is 13.7. The number of hydrogen-bond donors (Lipinski definition) is 1. The summed E-state index contributed by atoms with van der Waals surface area (Å²) in [4.78, 5) is 19.0. The number of aryl methyl sites for hydroxylation is 1. The van der Waals surface area contributed by atoms with Gasteiger partial charge in [-0.05, 0) is 61.9 Å². The third-order valence-corrected chi connectivity index (χ3v) is 7.60. The summed E-state index contributed by atoms with van der Waals surface area (Å²) >= 11 is 0. The van der Waals surface area contributed by atoms with E-state index in [0.717, 1.165) is 48.1 Å². The first-order chi connectivity index (χ1) is 18.7. The first kappa shape index (κ1) is 25.8. The molecule has 5 rings (SSSR count). The Morgan fingerprint density at radius 1 is 0.974 bits per heavy atom. The van der Waals surface area contributed by atoms with Crippen LogP contribution in [-0.4, -0.2) is 35.7 Å². The molecular formula is C32H37N3O3. The number of amides is 1. The van der Waals surface area contributed by atoms with Gasteiger partial charge < -0.3 is 19.4 Å². The molecule has 1 unspecified atom stereocenters. The maximum Gasteiger partial charge on any atom is 0.243 e. The van der Waals surface area contributed by atoms with Crippen molar-refractivity contribution in [3.8, 4) is 22.9 Å². The van der Waals surface area contributed by atoms with Gasteiger partial charge in [0.05, 0.1) is 30.8 Å². The van der Waals surface area contributed by atoms with Crippen LogP contribution in [-0.2, 0) is 11.2 Å². The van der Waals surface area contributed by atoms with E-state index in [1.165, 1.54) is 24.8 Å². The Labute approximate surface area is 225 Å². The van der Waals surface area contributed by atoms with Crippen LogP contribution in [0, 0.1) is 0 Å². The molecule has 1 fully saturated rings. The van der Waals surface area contributed by atoms with Gasteiger partial charge in [0.25, 0.3) is 0 Å². The summed E-state index contributed by atoms with van der Waals surface area (Å²) in [7, 11) is 3.29. The van der Waals surface area contributed by atoms with Crippen molar-refractivity contribution in [1.82, 2.24) is 14.9 Å². The van der Waals surface area contributed by atoms with E-state index < -0.39 is 6.04 Å². The summed E-state index contributed by atoms with van der Waals surface area (Å²) in [5, 5.41) is 3.41. The third-order valence-electron chi connectivity index (χ3n) is 7.60. The van der Waals surface area contributed by atoms with Crippen LogP contribution >= 0.6 is 0 Å². The maximum absolute atomic E-state index is 14.0. The molecule has 0 radical (unpaired) electrons. The minimum absolute atomic E-state index is 0.0712. The highest BCUT2D eigenvalue weighted by Crippen LogP contribution is 2.37. The van der Waals surface area contributed by atoms with Gasteiger partial charge >= 0.3 is 0 Å². The summed E-state index contributed by atoms with van der Waals surface area (Å²) in [6.07, 6.45) is 8.20. The molecule has 0 bridgehead atoms. The SMILES string of the molecule is COc1ccc(-c2nc3ccccc3n2C(CCCc2ccccc2)C(=O)NC2CCCCC2)c(OC)c1. The zero-order chi connectivity index (χ0) is 26.3. The molecule has 1 aliphatic rings. The second kappa shape index (κ2) is 12.2. The monoisotopic (exact) mass is 511 g/mol. The molecule has 1 amide bonds. The van der Waals surface area contributed by atoms with Crippen molar-refractivity contribution < 1.29 is 14.3 Å². The molecule has 38 heavy (non-hydrogen) atoms. The van der Waals surface area contributed by atoms with Crippen molar-refractivity contribution in [2.24, 2.45) is 0 Å². The van der Waals surface area contributed by atoms with Gasteiger partial charge in [0.15, 0.2) is 0 Å². The fourth-order valence-electron chi connectivity index (χ4n) is 5.60. The number of nitrogens with zero attached hydrogens (tertiary/aromatic N) is 2. The molecule has 1 saturated carbocycles. The number of fused-ring (bicyclic) bond motifs is 1. The number of nitrogens with one attached hydrogen (secondary N) is 1. The van der Waals surface area contributed by atoms with E-state index in [1.54, 1.807) is 14.2 Å². The predicted octanol–water partition coefficient (Wildman–Crippen LogP) is 6.73. The van der Waals surface area contributed by atoms with Crippen molar-refractivity contribution in [2.75, 3.05) is 14.2 Å². The molecule has 0 spiro atoms. The Bertz CT molecular complexity index is 1360. The maximum atomic E-state index is 14.0. The first-order valence-corrected chi connectivity index (χ1v) is 13.7. The summed E-state index contributed by atoms with van der Waals surface area (Å²) < 4.78 is 13.3. The number of carbonyl (C=O) groups is 1. The molecule has 1 aromatic heterocycles. The Hall–Kier alpha value is -3.80. The number of para-hydroxylation sites is 2. The number of methoxy groups -OCH3 is 2. The molecule has 1 heterocycles. The lowest BCUT2D eigenvalue weighted by Gasteiger charge is -2.27. The lowest BCUT2D eigenvalue weighted by atomic mass is 9.95. The van der Waals surface area contributed by atoms with Crippen molar-refractivity contribution in [2.45, 2.75) is 63.5 Å². The lowest BCUT2D eigenvalue weighted by molar-refractivity contribution is -0.125. The predicted molar refractivity (Wildman–Crippen MR) is 152 cm³/mol. The van der Waals surface area contributed by atoms with Gasteiger partial charge in [0.1, 0.15) is 23.4 Å². The second-order valence-corrected chi connectivity index (χ2v) is 10.1. The van der Waals surface area contributed by atoms with Crippen LogP contribution in [0.15, 0.2) is 72.8 Å². The van der Waals surface area contributed by atoms with Crippen LogP contribution in [0.1, 0.15) is 56.6 Å². The molecule has 1 N–H and O–H groups in total. The third kappa shape index (κ3) is 5.69. The van der Waals surface area contributed by atoms with E-state index in [0.29, 0.717) is 17.9 Å². The summed E-state index contributed by atoms with van der Waals surface area (Å²) in [6, 6.07) is 24.1. The topological polar surface area (TPSA) is 65.4 Å². The molecule has 198 valence electrons. The normalized spacial score (nSPS) is 14.8. The highest BCUT2D eigenvalue weighted by molar-refractivity contribution is 5.88. The molecule has 4 aromatic rings. The highest BCUT2D eigenvalue weighted by Gasteiger charge is 2.29. The van der Waals surface area contributed by atoms with Gasteiger partial charge in [0, 0.05) is 12.1 Å². The van der Waals surface area contributed by atoms with Crippen LogP contribution in [0.25, 0.3) is 22.4 Å². The highest BCUT2D eigenvalue weighted by atomic mass is 16.5. The van der Waals surface area contributed by atoms with Gasteiger partial charge in [-0.25, -0.2) is 4.98 Å². The summed E-state index contributed by atoms with van der Waals surface area (Å²) in [5.74, 6) is 2.18. The zero-order valence-electron chi connectivity index (χ0n) is 22.4. The number of carbonyl (C=O) groups excluding carboxylic acids is 1. The lowest BCUT2D eigenvalue weighted by Crippen LogP contribution is -2.41. The minimum Gasteiger partial charge on any atom is -0.497 e. The van der Waals surface area contributed by atoms with Gasteiger partial charge in [-0.1, -0.05) is 61.7 Å². The fourth-order valence-corrected chi connectivity index (χ4v) is 5.60. The molecular weight excluding hydrogens is 474 g/mol. The van der Waals surface area contributed by atoms with Gasteiger partial charge in [-0.3, -0.25) is 4.79 Å². The Morgan fingerprint density at radius 2 is 1.74 bits per heavy atom. The standard InChI is InChI=1S/C32H37N3O3/c1-37-25-20-21-26(30(22-25)38-2)31-34-27-17-9-10-18-28(27)35(31)29(19-11-14-23-12-5-3-6-13-23)32(36)33-24-15-7-4-8-16-24/h3,5-6,9-10,12-13,17-18,20-22,24,29H,4,7-8,11,14-16,19H2,1-2H3,(H,33,36). The molecule has 3 aromatic carbocycles. The Kier molecular flexibility index (Phi) is 8.27. The summed E-state index contributed by atoms with van der Waals surface area (Å²) in [5.41, 5.74) is 3.93. The Morgan fingerprint density at radius 3 is 2.50 bits per heavy atom. The number of hydrogen-bond acceptors (Lipinski definition) is 4. The van der Waals surface area contributed by atoms with Crippen LogP contribution in [0.2, 0.25) is 0 Å². The number of rotatable bonds is 10. The van der Waals surface area contributed by atoms with Crippen molar-refractivity contribution in [3.05, 3.63) is 78.4 Å².